The summed E-state index contributed by atoms with van der Waals surface area (Å²) in [5.74, 6) is 0.887. The van der Waals surface area contributed by atoms with Crippen LogP contribution in [0.4, 0.5) is 0 Å². The van der Waals surface area contributed by atoms with Crippen molar-refractivity contribution >= 4 is 11.0 Å². The first-order valence-corrected chi connectivity index (χ1v) is 6.02. The summed E-state index contributed by atoms with van der Waals surface area (Å²) in [5, 5.41) is 0.716. The Labute approximate surface area is 118 Å². The molecule has 0 unspecified atom stereocenters. The predicted octanol–water partition coefficient (Wildman–Crippen LogP) is 0.792. The van der Waals surface area contributed by atoms with Crippen molar-refractivity contribution in [2.45, 2.75) is 0 Å². The second kappa shape index (κ2) is 5.16. The molecule has 0 aromatic carbocycles. The third kappa shape index (κ3) is 2.27. The Morgan fingerprint density at radius 1 is 1.05 bits per heavy atom. The SMILES string of the molecule is COc1ncnc(OC)c1-c1ncc2ccc(=O)[nH]c2n1. The average Bonchev–Trinajstić information content (AvgIpc) is 2.53. The van der Waals surface area contributed by atoms with Gasteiger partial charge in [-0.2, -0.15) is 0 Å². The van der Waals surface area contributed by atoms with Crippen molar-refractivity contribution in [2.24, 2.45) is 0 Å². The molecule has 0 saturated carbocycles. The van der Waals surface area contributed by atoms with Crippen LogP contribution in [-0.4, -0.2) is 39.1 Å². The van der Waals surface area contributed by atoms with Gasteiger partial charge in [-0.1, -0.05) is 0 Å². The van der Waals surface area contributed by atoms with Crippen LogP contribution >= 0.6 is 0 Å². The fourth-order valence-electron chi connectivity index (χ4n) is 1.91. The van der Waals surface area contributed by atoms with Crippen LogP contribution in [0.15, 0.2) is 29.5 Å². The normalized spacial score (nSPS) is 10.6. The van der Waals surface area contributed by atoms with Gasteiger partial charge in [0, 0.05) is 17.6 Å². The molecular weight excluding hydrogens is 274 g/mol. The first kappa shape index (κ1) is 13.0. The van der Waals surface area contributed by atoms with Gasteiger partial charge in [0.25, 0.3) is 0 Å². The van der Waals surface area contributed by atoms with Crippen LogP contribution in [0, 0.1) is 0 Å². The summed E-state index contributed by atoms with van der Waals surface area (Å²) in [6.07, 6.45) is 2.92. The highest BCUT2D eigenvalue weighted by Gasteiger charge is 2.18. The summed E-state index contributed by atoms with van der Waals surface area (Å²) < 4.78 is 10.4. The number of rotatable bonds is 3. The molecule has 0 fully saturated rings. The van der Waals surface area contributed by atoms with Crippen LogP contribution in [0.1, 0.15) is 0 Å². The first-order valence-electron chi connectivity index (χ1n) is 6.02. The minimum Gasteiger partial charge on any atom is -0.480 e. The van der Waals surface area contributed by atoms with Crippen molar-refractivity contribution in [1.82, 2.24) is 24.9 Å². The van der Waals surface area contributed by atoms with Gasteiger partial charge >= 0.3 is 0 Å². The Balaban J connectivity index is 2.27. The Hall–Kier alpha value is -3.03. The minimum atomic E-state index is -0.240. The molecular formula is C13H11N5O3. The highest BCUT2D eigenvalue weighted by molar-refractivity contribution is 5.77. The van der Waals surface area contributed by atoms with Gasteiger partial charge in [0.2, 0.25) is 17.3 Å². The predicted molar refractivity (Wildman–Crippen MR) is 74.3 cm³/mol. The van der Waals surface area contributed by atoms with Gasteiger partial charge in [0.15, 0.2) is 5.82 Å². The molecule has 106 valence electrons. The fraction of sp³-hybridized carbons (Fsp3) is 0.154. The van der Waals surface area contributed by atoms with Crippen LogP contribution < -0.4 is 15.0 Å². The maximum absolute atomic E-state index is 11.4. The molecule has 3 aromatic rings. The number of aromatic amines is 1. The van der Waals surface area contributed by atoms with Gasteiger partial charge in [0.1, 0.15) is 17.5 Å². The maximum Gasteiger partial charge on any atom is 0.249 e. The van der Waals surface area contributed by atoms with Gasteiger partial charge in [-0.3, -0.25) is 4.79 Å². The molecule has 1 N–H and O–H groups in total. The van der Waals surface area contributed by atoms with E-state index in [1.807, 2.05) is 0 Å². The number of methoxy groups -OCH3 is 2. The molecule has 8 heteroatoms. The number of fused-ring (bicyclic) bond motifs is 1. The zero-order chi connectivity index (χ0) is 14.8. The molecule has 0 bridgehead atoms. The summed E-state index contributed by atoms with van der Waals surface area (Å²) in [7, 11) is 2.96. The number of H-pyrrole nitrogens is 1. The van der Waals surface area contributed by atoms with E-state index < -0.39 is 0 Å². The zero-order valence-corrected chi connectivity index (χ0v) is 11.3. The number of ether oxygens (including phenoxy) is 2. The van der Waals surface area contributed by atoms with Gasteiger partial charge < -0.3 is 14.5 Å². The lowest BCUT2D eigenvalue weighted by Crippen LogP contribution is -2.06. The molecule has 21 heavy (non-hydrogen) atoms. The molecule has 0 spiro atoms. The number of nitrogens with one attached hydrogen (secondary N) is 1. The lowest BCUT2D eigenvalue weighted by molar-refractivity contribution is 0.374. The highest BCUT2D eigenvalue weighted by Crippen LogP contribution is 2.32. The van der Waals surface area contributed by atoms with E-state index in [4.69, 9.17) is 9.47 Å². The molecule has 0 atom stereocenters. The van der Waals surface area contributed by atoms with Crippen LogP contribution in [0.2, 0.25) is 0 Å². The quantitative estimate of drug-likeness (QED) is 0.758. The number of hydrogen-bond acceptors (Lipinski definition) is 7. The first-order chi connectivity index (χ1) is 10.2. The van der Waals surface area contributed by atoms with Crippen LogP contribution in [-0.2, 0) is 0 Å². The number of aromatic nitrogens is 5. The Kier molecular flexibility index (Phi) is 3.19. The molecule has 3 heterocycles. The van der Waals surface area contributed by atoms with E-state index in [1.165, 1.54) is 26.6 Å². The van der Waals surface area contributed by atoms with E-state index in [0.29, 0.717) is 34.2 Å². The van der Waals surface area contributed by atoms with Crippen molar-refractivity contribution in [3.63, 3.8) is 0 Å². The number of pyridine rings is 1. The van der Waals surface area contributed by atoms with Gasteiger partial charge in [-0.05, 0) is 6.07 Å². The molecule has 8 nitrogen and oxygen atoms in total. The van der Waals surface area contributed by atoms with Gasteiger partial charge in [-0.15, -0.1) is 0 Å². The lowest BCUT2D eigenvalue weighted by Gasteiger charge is -2.09. The molecule has 3 rings (SSSR count). The van der Waals surface area contributed by atoms with Crippen molar-refractivity contribution < 1.29 is 9.47 Å². The standard InChI is InChI=1S/C13H11N5O3/c1-20-12-9(13(21-2)16-6-15-12)11-14-5-7-3-4-8(19)17-10(7)18-11/h3-6H,1-2H3,(H,14,17,18,19). The van der Waals surface area contributed by atoms with Crippen LogP contribution in [0.25, 0.3) is 22.4 Å². The van der Waals surface area contributed by atoms with Crippen LogP contribution in [0.5, 0.6) is 11.8 Å². The van der Waals surface area contributed by atoms with Crippen LogP contribution in [0.3, 0.4) is 0 Å². The maximum atomic E-state index is 11.4. The molecule has 0 aliphatic carbocycles. The molecule has 0 radical (unpaired) electrons. The highest BCUT2D eigenvalue weighted by atomic mass is 16.5. The Bertz CT molecular complexity index is 840. The summed E-state index contributed by atoms with van der Waals surface area (Å²) in [6, 6.07) is 3.06. The van der Waals surface area contributed by atoms with E-state index >= 15 is 0 Å². The zero-order valence-electron chi connectivity index (χ0n) is 11.3. The number of hydrogen-bond donors (Lipinski definition) is 1. The van der Waals surface area contributed by atoms with Crippen molar-refractivity contribution in [2.75, 3.05) is 14.2 Å². The van der Waals surface area contributed by atoms with E-state index in [0.717, 1.165) is 0 Å². The largest absolute Gasteiger partial charge is 0.480 e. The Morgan fingerprint density at radius 3 is 2.43 bits per heavy atom. The number of nitrogens with zero attached hydrogens (tertiary/aromatic N) is 4. The molecule has 0 aliphatic heterocycles. The van der Waals surface area contributed by atoms with E-state index in [2.05, 4.69) is 24.9 Å². The lowest BCUT2D eigenvalue weighted by atomic mass is 10.2. The Morgan fingerprint density at radius 2 is 1.76 bits per heavy atom. The van der Waals surface area contributed by atoms with E-state index in [9.17, 15) is 4.79 Å². The molecule has 0 amide bonds. The smallest absolute Gasteiger partial charge is 0.249 e. The fourth-order valence-corrected chi connectivity index (χ4v) is 1.91. The topological polar surface area (TPSA) is 103 Å². The summed E-state index contributed by atoms with van der Waals surface area (Å²) >= 11 is 0. The summed E-state index contributed by atoms with van der Waals surface area (Å²) in [5.41, 5.74) is 0.602. The average molecular weight is 285 g/mol. The second-order valence-electron chi connectivity index (χ2n) is 4.09. The summed E-state index contributed by atoms with van der Waals surface area (Å²) in [4.78, 5) is 30.6. The summed E-state index contributed by atoms with van der Waals surface area (Å²) in [6.45, 7) is 0. The third-order valence-electron chi connectivity index (χ3n) is 2.86. The van der Waals surface area contributed by atoms with Gasteiger partial charge in [0.05, 0.1) is 14.2 Å². The minimum absolute atomic E-state index is 0.240. The third-order valence-corrected chi connectivity index (χ3v) is 2.86. The molecule has 0 aliphatic rings. The second-order valence-corrected chi connectivity index (χ2v) is 4.09. The van der Waals surface area contributed by atoms with Crippen molar-refractivity contribution in [3.8, 4) is 23.1 Å². The molecule has 3 aromatic heterocycles. The van der Waals surface area contributed by atoms with Crippen molar-refractivity contribution in [1.29, 1.82) is 0 Å². The van der Waals surface area contributed by atoms with Crippen molar-refractivity contribution in [3.05, 3.63) is 35.0 Å². The van der Waals surface area contributed by atoms with E-state index in [1.54, 1.807) is 12.3 Å². The van der Waals surface area contributed by atoms with E-state index in [-0.39, 0.29) is 5.56 Å². The monoisotopic (exact) mass is 285 g/mol. The molecule has 0 saturated heterocycles. The van der Waals surface area contributed by atoms with Gasteiger partial charge in [-0.25, -0.2) is 19.9 Å².